The number of anilines is 1. The molecule has 0 radical (unpaired) electrons. The summed E-state index contributed by atoms with van der Waals surface area (Å²) >= 11 is 1.37. The Morgan fingerprint density at radius 2 is 1.85 bits per heavy atom. The van der Waals surface area contributed by atoms with Gasteiger partial charge in [0.15, 0.2) is 12.1 Å². The van der Waals surface area contributed by atoms with Crippen LogP contribution < -0.4 is 10.6 Å². The molecule has 3 heterocycles. The fraction of sp³-hybridized carbons (Fsp3) is 0.345. The molecule has 0 aliphatic carbocycles. The lowest BCUT2D eigenvalue weighted by Crippen LogP contribution is -2.48. The van der Waals surface area contributed by atoms with E-state index in [2.05, 4.69) is 15.5 Å². The third-order valence-corrected chi connectivity index (χ3v) is 7.73. The lowest BCUT2D eigenvalue weighted by molar-refractivity contribution is -0.126. The average Bonchev–Trinajstić information content (AvgIpc) is 3.59. The molecule has 2 N–H and O–H groups in total. The zero-order valence-corrected chi connectivity index (χ0v) is 22.6. The van der Waals surface area contributed by atoms with Crippen molar-refractivity contribution < 1.29 is 23.9 Å². The maximum absolute atomic E-state index is 13.5. The number of cyclic esters (lactones) is 1. The molecule has 39 heavy (non-hydrogen) atoms. The summed E-state index contributed by atoms with van der Waals surface area (Å²) < 4.78 is 11.2. The minimum Gasteiger partial charge on any atom is -0.438 e. The molecule has 2 aliphatic rings. The van der Waals surface area contributed by atoms with Gasteiger partial charge in [0.2, 0.25) is 5.91 Å². The van der Waals surface area contributed by atoms with Gasteiger partial charge in [-0.05, 0) is 41.6 Å². The van der Waals surface area contributed by atoms with E-state index in [-0.39, 0.29) is 18.4 Å². The standard InChI is InChI=1S/C29H32N4O5S/c1-20-4-2-5-21(18-20)19-33-25(28(35)30-11-12-32-13-15-37-16-14-32)26(38-29(33)36)22-7-9-23(10-8-22)31-27(34)24-6-3-17-39-24/h2-10,17-18,25-26H,11-16,19H2,1H3,(H,30,35)(H,31,34)/t25-,26-/m1/s1. The Labute approximate surface area is 231 Å². The highest BCUT2D eigenvalue weighted by Gasteiger charge is 2.47. The summed E-state index contributed by atoms with van der Waals surface area (Å²) in [6, 6.07) is 17.7. The van der Waals surface area contributed by atoms with E-state index in [4.69, 9.17) is 9.47 Å². The van der Waals surface area contributed by atoms with Gasteiger partial charge in [-0.25, -0.2) is 4.79 Å². The summed E-state index contributed by atoms with van der Waals surface area (Å²) in [4.78, 5) is 43.4. The Bertz CT molecular complexity index is 1290. The van der Waals surface area contributed by atoms with Gasteiger partial charge in [0, 0.05) is 31.9 Å². The highest BCUT2D eigenvalue weighted by Crippen LogP contribution is 2.34. The summed E-state index contributed by atoms with van der Waals surface area (Å²) in [5.74, 6) is -0.450. The van der Waals surface area contributed by atoms with Crippen LogP contribution in [0.2, 0.25) is 0 Å². The van der Waals surface area contributed by atoms with E-state index in [1.807, 2.05) is 42.6 Å². The Morgan fingerprint density at radius 3 is 2.56 bits per heavy atom. The third-order valence-electron chi connectivity index (χ3n) is 6.86. The van der Waals surface area contributed by atoms with E-state index >= 15 is 0 Å². The molecule has 204 valence electrons. The molecule has 2 aromatic carbocycles. The second kappa shape index (κ2) is 12.4. The van der Waals surface area contributed by atoms with Crippen LogP contribution in [0.15, 0.2) is 66.0 Å². The lowest BCUT2D eigenvalue weighted by Gasteiger charge is -2.28. The Kier molecular flexibility index (Phi) is 8.55. The number of benzene rings is 2. The molecular weight excluding hydrogens is 516 g/mol. The second-order valence-corrected chi connectivity index (χ2v) is 10.6. The van der Waals surface area contributed by atoms with Crippen molar-refractivity contribution in [3.8, 4) is 0 Å². The van der Waals surface area contributed by atoms with Gasteiger partial charge in [-0.15, -0.1) is 11.3 Å². The maximum atomic E-state index is 13.5. The average molecular weight is 549 g/mol. The molecule has 3 aromatic rings. The predicted octanol–water partition coefficient (Wildman–Crippen LogP) is 3.82. The van der Waals surface area contributed by atoms with Gasteiger partial charge >= 0.3 is 6.09 Å². The second-order valence-electron chi connectivity index (χ2n) is 9.66. The van der Waals surface area contributed by atoms with E-state index in [1.165, 1.54) is 16.2 Å². The molecule has 2 fully saturated rings. The first-order chi connectivity index (χ1) is 19.0. The first-order valence-corrected chi connectivity index (χ1v) is 13.9. The van der Waals surface area contributed by atoms with Crippen LogP contribution in [-0.4, -0.2) is 73.1 Å². The number of carbonyl (C=O) groups is 3. The quantitative estimate of drug-likeness (QED) is 0.422. The summed E-state index contributed by atoms with van der Waals surface area (Å²) in [5, 5.41) is 7.74. The van der Waals surface area contributed by atoms with Crippen molar-refractivity contribution >= 4 is 34.9 Å². The van der Waals surface area contributed by atoms with Crippen molar-refractivity contribution in [2.45, 2.75) is 25.6 Å². The van der Waals surface area contributed by atoms with Gasteiger partial charge in [-0.2, -0.15) is 0 Å². The van der Waals surface area contributed by atoms with E-state index < -0.39 is 18.2 Å². The number of rotatable bonds is 9. The summed E-state index contributed by atoms with van der Waals surface area (Å²) in [7, 11) is 0. The van der Waals surface area contributed by atoms with E-state index in [9.17, 15) is 14.4 Å². The normalized spacial score (nSPS) is 19.5. The number of amides is 3. The van der Waals surface area contributed by atoms with Crippen molar-refractivity contribution in [1.82, 2.24) is 15.1 Å². The first kappa shape index (κ1) is 26.9. The van der Waals surface area contributed by atoms with E-state index in [1.54, 1.807) is 30.3 Å². The molecule has 3 amide bonds. The van der Waals surface area contributed by atoms with Gasteiger partial charge in [0.25, 0.3) is 5.91 Å². The summed E-state index contributed by atoms with van der Waals surface area (Å²) in [5.41, 5.74) is 3.29. The molecule has 10 heteroatoms. The fourth-order valence-electron chi connectivity index (χ4n) is 4.84. The number of nitrogens with zero attached hydrogens (tertiary/aromatic N) is 2. The minimum absolute atomic E-state index is 0.188. The van der Waals surface area contributed by atoms with Gasteiger partial charge in [-0.3, -0.25) is 19.4 Å². The molecular formula is C29H32N4O5S. The molecule has 0 saturated carbocycles. The van der Waals surface area contributed by atoms with Crippen molar-refractivity contribution in [1.29, 1.82) is 0 Å². The molecule has 0 bridgehead atoms. The zero-order chi connectivity index (χ0) is 27.2. The predicted molar refractivity (Wildman–Crippen MR) is 149 cm³/mol. The number of morpholine rings is 1. The van der Waals surface area contributed by atoms with Crippen LogP contribution >= 0.6 is 11.3 Å². The molecule has 0 unspecified atom stereocenters. The Hall–Kier alpha value is -3.73. The number of thiophene rings is 1. The number of carbonyl (C=O) groups excluding carboxylic acids is 3. The summed E-state index contributed by atoms with van der Waals surface area (Å²) in [6.45, 7) is 6.46. The number of hydrogen-bond acceptors (Lipinski definition) is 7. The van der Waals surface area contributed by atoms with Crippen LogP contribution in [0.3, 0.4) is 0 Å². The van der Waals surface area contributed by atoms with Crippen LogP contribution in [0.5, 0.6) is 0 Å². The smallest absolute Gasteiger partial charge is 0.411 e. The van der Waals surface area contributed by atoms with E-state index in [0.717, 1.165) is 24.2 Å². The van der Waals surface area contributed by atoms with Gasteiger partial charge in [-0.1, -0.05) is 48.0 Å². The Morgan fingerprint density at radius 1 is 1.05 bits per heavy atom. The van der Waals surface area contributed by atoms with E-state index in [0.29, 0.717) is 42.4 Å². The molecule has 5 rings (SSSR count). The largest absolute Gasteiger partial charge is 0.438 e. The molecule has 0 spiro atoms. The zero-order valence-electron chi connectivity index (χ0n) is 21.8. The van der Waals surface area contributed by atoms with Crippen molar-refractivity contribution in [3.63, 3.8) is 0 Å². The number of ether oxygens (including phenoxy) is 2. The highest BCUT2D eigenvalue weighted by molar-refractivity contribution is 7.12. The molecule has 2 saturated heterocycles. The SMILES string of the molecule is Cc1cccc(CN2C(=O)O[C@H](c3ccc(NC(=O)c4cccs4)cc3)[C@@H]2C(=O)NCCN2CCOCC2)c1. The van der Waals surface area contributed by atoms with Crippen molar-refractivity contribution in [2.75, 3.05) is 44.7 Å². The van der Waals surface area contributed by atoms with Crippen LogP contribution in [0.4, 0.5) is 10.5 Å². The van der Waals surface area contributed by atoms with Gasteiger partial charge in [0.05, 0.1) is 24.6 Å². The van der Waals surface area contributed by atoms with Crippen LogP contribution in [0.25, 0.3) is 0 Å². The van der Waals surface area contributed by atoms with Crippen molar-refractivity contribution in [3.05, 3.63) is 87.6 Å². The summed E-state index contributed by atoms with van der Waals surface area (Å²) in [6.07, 6.45) is -1.32. The maximum Gasteiger partial charge on any atom is 0.411 e. The molecule has 9 nitrogen and oxygen atoms in total. The number of hydrogen-bond donors (Lipinski definition) is 2. The Balaban J connectivity index is 1.32. The number of nitrogens with one attached hydrogen (secondary N) is 2. The molecule has 1 aromatic heterocycles. The molecule has 2 atom stereocenters. The van der Waals surface area contributed by atoms with Crippen LogP contribution in [-0.2, 0) is 20.8 Å². The number of aryl methyl sites for hydroxylation is 1. The third kappa shape index (κ3) is 6.65. The topological polar surface area (TPSA) is 100 Å². The fourth-order valence-corrected chi connectivity index (χ4v) is 5.46. The van der Waals surface area contributed by atoms with Crippen LogP contribution in [0, 0.1) is 6.92 Å². The highest BCUT2D eigenvalue weighted by atomic mass is 32.1. The first-order valence-electron chi connectivity index (χ1n) is 13.0. The van der Waals surface area contributed by atoms with Gasteiger partial charge in [0.1, 0.15) is 0 Å². The van der Waals surface area contributed by atoms with Crippen LogP contribution in [0.1, 0.15) is 32.5 Å². The molecule has 2 aliphatic heterocycles. The minimum atomic E-state index is -0.839. The van der Waals surface area contributed by atoms with Gasteiger partial charge < -0.3 is 20.1 Å². The van der Waals surface area contributed by atoms with Crippen molar-refractivity contribution in [2.24, 2.45) is 0 Å². The monoisotopic (exact) mass is 548 g/mol. The lowest BCUT2D eigenvalue weighted by atomic mass is 10.00.